The number of rotatable bonds is 6. The Balaban J connectivity index is 1.79. The van der Waals surface area contributed by atoms with Gasteiger partial charge in [-0.3, -0.25) is 4.79 Å². The normalized spacial score (nSPS) is 12.1. The molecule has 7 heteroatoms. The van der Waals surface area contributed by atoms with Gasteiger partial charge < -0.3 is 5.32 Å². The van der Waals surface area contributed by atoms with Crippen LogP contribution >= 0.6 is 11.3 Å². The van der Waals surface area contributed by atoms with Crippen LogP contribution in [-0.2, 0) is 6.54 Å². The summed E-state index contributed by atoms with van der Waals surface area (Å²) in [6.07, 6.45) is 5.76. The van der Waals surface area contributed by atoms with Gasteiger partial charge in [0.1, 0.15) is 17.7 Å². The largest absolute Gasteiger partial charge is 0.343 e. The van der Waals surface area contributed by atoms with Gasteiger partial charge in [-0.2, -0.15) is 5.10 Å². The van der Waals surface area contributed by atoms with E-state index in [9.17, 15) is 4.79 Å². The Morgan fingerprint density at radius 3 is 2.88 bits per heavy atom. The van der Waals surface area contributed by atoms with Gasteiger partial charge in [0.05, 0.1) is 12.6 Å². The predicted molar refractivity (Wildman–Crippen MR) is 92.9 cm³/mol. The SMILES string of the molecule is CC[C@H](NC(=O)c1ccccc1Cn1cncn1)c1ncc(C)s1. The van der Waals surface area contributed by atoms with E-state index in [-0.39, 0.29) is 11.9 Å². The minimum atomic E-state index is -0.0922. The lowest BCUT2D eigenvalue weighted by molar-refractivity contribution is 0.0934. The van der Waals surface area contributed by atoms with Crippen molar-refractivity contribution < 1.29 is 4.79 Å². The number of nitrogens with zero attached hydrogens (tertiary/aromatic N) is 4. The van der Waals surface area contributed by atoms with Crippen molar-refractivity contribution in [3.05, 3.63) is 64.1 Å². The van der Waals surface area contributed by atoms with Crippen LogP contribution in [-0.4, -0.2) is 25.7 Å². The molecule has 124 valence electrons. The summed E-state index contributed by atoms with van der Waals surface area (Å²) in [4.78, 5) is 22.2. The Kier molecular flexibility index (Phi) is 5.00. The smallest absolute Gasteiger partial charge is 0.252 e. The number of hydrogen-bond acceptors (Lipinski definition) is 5. The maximum absolute atomic E-state index is 12.8. The predicted octanol–water partition coefficient (Wildman–Crippen LogP) is 2.97. The first kappa shape index (κ1) is 16.3. The number of carbonyl (C=O) groups is 1. The van der Waals surface area contributed by atoms with E-state index in [4.69, 9.17) is 0 Å². The Morgan fingerprint density at radius 1 is 1.38 bits per heavy atom. The van der Waals surface area contributed by atoms with Gasteiger partial charge in [-0.15, -0.1) is 11.3 Å². The third-order valence-electron chi connectivity index (χ3n) is 3.71. The third kappa shape index (κ3) is 3.68. The topological polar surface area (TPSA) is 72.7 Å². The van der Waals surface area contributed by atoms with E-state index in [1.54, 1.807) is 22.3 Å². The Bertz CT molecular complexity index is 812. The van der Waals surface area contributed by atoms with Gasteiger partial charge in [0.2, 0.25) is 0 Å². The van der Waals surface area contributed by atoms with Crippen LogP contribution in [0.5, 0.6) is 0 Å². The molecule has 1 amide bonds. The lowest BCUT2D eigenvalue weighted by atomic mass is 10.1. The minimum Gasteiger partial charge on any atom is -0.343 e. The number of aryl methyl sites for hydroxylation is 1. The molecule has 1 aromatic carbocycles. The Hall–Kier alpha value is -2.54. The Labute approximate surface area is 144 Å². The fourth-order valence-electron chi connectivity index (χ4n) is 2.48. The van der Waals surface area contributed by atoms with Crippen LogP contribution in [0.25, 0.3) is 0 Å². The highest BCUT2D eigenvalue weighted by Crippen LogP contribution is 2.23. The van der Waals surface area contributed by atoms with Gasteiger partial charge >= 0.3 is 0 Å². The van der Waals surface area contributed by atoms with E-state index >= 15 is 0 Å². The van der Waals surface area contributed by atoms with Crippen LogP contribution < -0.4 is 5.32 Å². The molecular formula is C17H19N5OS. The molecule has 6 nitrogen and oxygen atoms in total. The van der Waals surface area contributed by atoms with Gasteiger partial charge in [0.25, 0.3) is 5.91 Å². The molecule has 3 aromatic rings. The highest BCUT2D eigenvalue weighted by molar-refractivity contribution is 7.11. The third-order valence-corrected chi connectivity index (χ3v) is 4.74. The van der Waals surface area contributed by atoms with Crippen molar-refractivity contribution in [1.82, 2.24) is 25.1 Å². The van der Waals surface area contributed by atoms with Crippen molar-refractivity contribution in [2.75, 3.05) is 0 Å². The number of nitrogens with one attached hydrogen (secondary N) is 1. The highest BCUT2D eigenvalue weighted by Gasteiger charge is 2.18. The van der Waals surface area contributed by atoms with Crippen LogP contribution in [0.3, 0.4) is 0 Å². The van der Waals surface area contributed by atoms with Crippen molar-refractivity contribution in [2.24, 2.45) is 0 Å². The summed E-state index contributed by atoms with van der Waals surface area (Å²) in [7, 11) is 0. The first-order chi connectivity index (χ1) is 11.7. The van der Waals surface area contributed by atoms with Gasteiger partial charge in [-0.05, 0) is 25.0 Å². The van der Waals surface area contributed by atoms with E-state index < -0.39 is 0 Å². The standard InChI is InChI=1S/C17H19N5OS/c1-3-15(17-19-8-12(2)24-17)21-16(23)14-7-5-4-6-13(14)9-22-11-18-10-20-22/h4-8,10-11,15H,3,9H2,1-2H3,(H,21,23)/t15-/m0/s1. The summed E-state index contributed by atoms with van der Waals surface area (Å²) >= 11 is 1.62. The zero-order chi connectivity index (χ0) is 16.9. The van der Waals surface area contributed by atoms with Gasteiger partial charge in [0.15, 0.2) is 0 Å². The van der Waals surface area contributed by atoms with Crippen molar-refractivity contribution >= 4 is 17.2 Å². The molecule has 0 fully saturated rings. The quantitative estimate of drug-likeness (QED) is 0.748. The van der Waals surface area contributed by atoms with Crippen molar-refractivity contribution in [3.63, 3.8) is 0 Å². The van der Waals surface area contributed by atoms with Gasteiger partial charge in [0, 0.05) is 16.6 Å². The average Bonchev–Trinajstić information content (AvgIpc) is 3.24. The number of thiazole rings is 1. The number of amides is 1. The second-order valence-electron chi connectivity index (χ2n) is 5.49. The highest BCUT2D eigenvalue weighted by atomic mass is 32.1. The number of carbonyl (C=O) groups excluding carboxylic acids is 1. The maximum atomic E-state index is 12.8. The van der Waals surface area contributed by atoms with Crippen LogP contribution in [0.15, 0.2) is 43.1 Å². The first-order valence-corrected chi connectivity index (χ1v) is 8.62. The van der Waals surface area contributed by atoms with Crippen LogP contribution in [0.1, 0.15) is 45.2 Å². The first-order valence-electron chi connectivity index (χ1n) is 7.81. The van der Waals surface area contributed by atoms with Crippen LogP contribution in [0.2, 0.25) is 0 Å². The molecule has 0 saturated heterocycles. The molecule has 0 aliphatic carbocycles. The molecular weight excluding hydrogens is 322 g/mol. The summed E-state index contributed by atoms with van der Waals surface area (Å²) in [5, 5.41) is 8.14. The lowest BCUT2D eigenvalue weighted by Gasteiger charge is -2.16. The van der Waals surface area contributed by atoms with E-state index in [1.165, 1.54) is 6.33 Å². The fraction of sp³-hybridized carbons (Fsp3) is 0.294. The second kappa shape index (κ2) is 7.35. The molecule has 0 radical (unpaired) electrons. The summed E-state index contributed by atoms with van der Waals surface area (Å²) in [5.41, 5.74) is 1.56. The minimum absolute atomic E-state index is 0.0735. The number of aromatic nitrogens is 4. The van der Waals surface area contributed by atoms with E-state index in [0.29, 0.717) is 12.1 Å². The van der Waals surface area contributed by atoms with Gasteiger partial charge in [-0.1, -0.05) is 25.1 Å². The molecule has 1 N–H and O–H groups in total. The monoisotopic (exact) mass is 341 g/mol. The molecule has 2 heterocycles. The summed E-state index contributed by atoms with van der Waals surface area (Å²) in [6, 6.07) is 7.49. The van der Waals surface area contributed by atoms with E-state index in [1.807, 2.05) is 44.3 Å². The maximum Gasteiger partial charge on any atom is 0.252 e. The van der Waals surface area contributed by atoms with Crippen LogP contribution in [0, 0.1) is 6.92 Å². The molecule has 0 saturated carbocycles. The fourth-order valence-corrected chi connectivity index (χ4v) is 3.38. The number of benzene rings is 1. The van der Waals surface area contributed by atoms with Crippen LogP contribution in [0.4, 0.5) is 0 Å². The number of hydrogen-bond donors (Lipinski definition) is 1. The average molecular weight is 341 g/mol. The molecule has 0 aliphatic heterocycles. The van der Waals surface area contributed by atoms with Crippen molar-refractivity contribution in [3.8, 4) is 0 Å². The molecule has 0 spiro atoms. The lowest BCUT2D eigenvalue weighted by Crippen LogP contribution is -2.29. The summed E-state index contributed by atoms with van der Waals surface area (Å²) < 4.78 is 1.70. The van der Waals surface area contributed by atoms with E-state index in [2.05, 4.69) is 20.4 Å². The van der Waals surface area contributed by atoms with Gasteiger partial charge in [-0.25, -0.2) is 14.6 Å². The van der Waals surface area contributed by atoms with Crippen molar-refractivity contribution in [1.29, 1.82) is 0 Å². The summed E-state index contributed by atoms with van der Waals surface area (Å²) in [6.45, 7) is 4.57. The molecule has 24 heavy (non-hydrogen) atoms. The molecule has 0 aliphatic rings. The zero-order valence-corrected chi connectivity index (χ0v) is 14.5. The second-order valence-corrected chi connectivity index (χ2v) is 6.76. The summed E-state index contributed by atoms with van der Waals surface area (Å²) in [5.74, 6) is -0.0922. The molecule has 0 bridgehead atoms. The van der Waals surface area contributed by atoms with Crippen molar-refractivity contribution in [2.45, 2.75) is 32.9 Å². The molecule has 2 aromatic heterocycles. The molecule has 0 unspecified atom stereocenters. The molecule has 3 rings (SSSR count). The zero-order valence-electron chi connectivity index (χ0n) is 13.6. The molecule has 1 atom stereocenters. The van der Waals surface area contributed by atoms with E-state index in [0.717, 1.165) is 21.9 Å². The Morgan fingerprint density at radius 2 is 2.21 bits per heavy atom.